The molecule has 0 N–H and O–H groups in total. The highest BCUT2D eigenvalue weighted by Gasteiger charge is 2.30. The number of hydrogen-bond donors (Lipinski definition) is 0. The Morgan fingerprint density at radius 1 is 1.00 bits per heavy atom. The monoisotopic (exact) mass is 370 g/mol. The molecule has 1 aromatic carbocycles. The van der Waals surface area contributed by atoms with Crippen LogP contribution in [0.4, 0.5) is 4.79 Å². The molecule has 0 atom stereocenters. The second-order valence-electron chi connectivity index (χ2n) is 7.34. The zero-order valence-electron chi connectivity index (χ0n) is 15.2. The topological polar surface area (TPSA) is 78.9 Å². The lowest BCUT2D eigenvalue weighted by Gasteiger charge is -2.28. The lowest BCUT2D eigenvalue weighted by Crippen LogP contribution is -2.32. The van der Waals surface area contributed by atoms with E-state index in [1.807, 2.05) is 6.92 Å². The van der Waals surface area contributed by atoms with Crippen molar-refractivity contribution in [2.75, 3.05) is 0 Å². The van der Waals surface area contributed by atoms with Gasteiger partial charge in [0.05, 0.1) is 11.0 Å². The number of carbonyl (C=O) groups excluding carboxylic acids is 1. The third-order valence-electron chi connectivity index (χ3n) is 3.85. The van der Waals surface area contributed by atoms with Gasteiger partial charge in [-0.1, -0.05) is 17.7 Å². The Morgan fingerprint density at radius 2 is 1.52 bits per heavy atom. The summed E-state index contributed by atoms with van der Waals surface area (Å²) in [6.07, 6.45) is 0.767. The molecule has 1 fully saturated rings. The van der Waals surface area contributed by atoms with Crippen molar-refractivity contribution in [2.45, 2.75) is 76.1 Å². The Balaban J connectivity index is 1.84. The van der Waals surface area contributed by atoms with Gasteiger partial charge in [-0.2, -0.15) is 8.42 Å². The van der Waals surface area contributed by atoms with Gasteiger partial charge in [0, 0.05) is 0 Å². The molecule has 0 spiro atoms. The van der Waals surface area contributed by atoms with Crippen molar-refractivity contribution < 1.29 is 26.9 Å². The minimum atomic E-state index is -3.77. The van der Waals surface area contributed by atoms with Gasteiger partial charge < -0.3 is 9.47 Å². The zero-order valence-corrected chi connectivity index (χ0v) is 16.0. The third kappa shape index (κ3) is 6.32. The first kappa shape index (κ1) is 19.7. The molecule has 1 aromatic rings. The minimum Gasteiger partial charge on any atom is -0.431 e. The molecule has 0 bridgehead atoms. The normalized spacial score (nSPS) is 21.6. The zero-order chi connectivity index (χ0) is 18.7. The third-order valence-corrected chi connectivity index (χ3v) is 5.22. The summed E-state index contributed by atoms with van der Waals surface area (Å²) in [5, 5.41) is 0. The van der Waals surface area contributed by atoms with Gasteiger partial charge in [-0.15, -0.1) is 0 Å². The minimum absolute atomic E-state index is 0.158. The van der Waals surface area contributed by atoms with Crippen LogP contribution >= 0.6 is 0 Å². The molecule has 0 unspecified atom stereocenters. The number of rotatable bonds is 4. The fourth-order valence-electron chi connectivity index (χ4n) is 2.60. The van der Waals surface area contributed by atoms with Crippen LogP contribution in [-0.2, 0) is 23.8 Å². The average Bonchev–Trinajstić information content (AvgIpc) is 2.47. The van der Waals surface area contributed by atoms with E-state index in [9.17, 15) is 13.2 Å². The maximum Gasteiger partial charge on any atom is 0.509 e. The van der Waals surface area contributed by atoms with Crippen LogP contribution in [0.2, 0.25) is 0 Å². The van der Waals surface area contributed by atoms with Crippen LogP contribution in [0.3, 0.4) is 0 Å². The van der Waals surface area contributed by atoms with Gasteiger partial charge in [-0.3, -0.25) is 4.18 Å². The molecule has 0 saturated heterocycles. The fraction of sp³-hybridized carbons (Fsp3) is 0.611. The van der Waals surface area contributed by atoms with Gasteiger partial charge in [0.25, 0.3) is 10.1 Å². The molecule has 1 aliphatic carbocycles. The van der Waals surface area contributed by atoms with Crippen molar-refractivity contribution in [3.05, 3.63) is 29.8 Å². The maximum absolute atomic E-state index is 12.3. The Morgan fingerprint density at radius 3 is 2.04 bits per heavy atom. The fourth-order valence-corrected chi connectivity index (χ4v) is 3.73. The summed E-state index contributed by atoms with van der Waals surface area (Å²) in [6.45, 7) is 7.21. The van der Waals surface area contributed by atoms with Crippen molar-refractivity contribution >= 4 is 16.3 Å². The van der Waals surface area contributed by atoms with Gasteiger partial charge in [0.1, 0.15) is 11.7 Å². The first-order valence-electron chi connectivity index (χ1n) is 8.45. The molecule has 2 rings (SSSR count). The Hall–Kier alpha value is -1.60. The molecule has 6 nitrogen and oxygen atoms in total. The van der Waals surface area contributed by atoms with E-state index in [-0.39, 0.29) is 11.0 Å². The molecule has 140 valence electrons. The van der Waals surface area contributed by atoms with E-state index in [0.717, 1.165) is 5.56 Å². The van der Waals surface area contributed by atoms with E-state index in [4.69, 9.17) is 13.7 Å². The van der Waals surface area contributed by atoms with E-state index < -0.39 is 28.0 Å². The summed E-state index contributed by atoms with van der Waals surface area (Å²) >= 11 is 0. The molecule has 7 heteroatoms. The van der Waals surface area contributed by atoms with Crippen molar-refractivity contribution in [1.82, 2.24) is 0 Å². The van der Waals surface area contributed by atoms with Gasteiger partial charge in [-0.05, 0) is 65.5 Å². The van der Waals surface area contributed by atoms with E-state index in [2.05, 4.69) is 0 Å². The molecular weight excluding hydrogens is 344 g/mol. The Kier molecular flexibility index (Phi) is 6.11. The van der Waals surface area contributed by atoms with Crippen LogP contribution < -0.4 is 0 Å². The SMILES string of the molecule is Cc1ccc(S(=O)(=O)OC2CCC(OC(=O)OC(C)(C)C)CC2)cc1. The molecular formula is C18H26O6S. The van der Waals surface area contributed by atoms with Crippen LogP contribution in [-0.4, -0.2) is 32.4 Å². The van der Waals surface area contributed by atoms with Crippen LogP contribution in [0, 0.1) is 6.92 Å². The predicted molar refractivity (Wildman–Crippen MR) is 92.8 cm³/mol. The molecule has 0 aliphatic heterocycles. The van der Waals surface area contributed by atoms with E-state index in [1.165, 1.54) is 0 Å². The van der Waals surface area contributed by atoms with Crippen molar-refractivity contribution in [1.29, 1.82) is 0 Å². The molecule has 1 aliphatic rings. The molecule has 1 saturated carbocycles. The van der Waals surface area contributed by atoms with Crippen molar-refractivity contribution in [3.63, 3.8) is 0 Å². The van der Waals surface area contributed by atoms with Crippen LogP contribution in [0.25, 0.3) is 0 Å². The second kappa shape index (κ2) is 7.74. The quantitative estimate of drug-likeness (QED) is 0.589. The van der Waals surface area contributed by atoms with Gasteiger partial charge in [0.15, 0.2) is 0 Å². The molecule has 0 aromatic heterocycles. The summed E-state index contributed by atoms with van der Waals surface area (Å²) in [6, 6.07) is 6.56. The standard InChI is InChI=1S/C18H26O6S/c1-13-5-11-16(12-6-13)25(20,21)24-15-9-7-14(8-10-15)22-17(19)23-18(2,3)4/h5-6,11-12,14-15H,7-10H2,1-4H3. The summed E-state index contributed by atoms with van der Waals surface area (Å²) in [4.78, 5) is 11.8. The number of aryl methyl sites for hydroxylation is 1. The average molecular weight is 370 g/mol. The van der Waals surface area contributed by atoms with Crippen molar-refractivity contribution in [3.8, 4) is 0 Å². The van der Waals surface area contributed by atoms with E-state index >= 15 is 0 Å². The molecule has 0 radical (unpaired) electrons. The lowest BCUT2D eigenvalue weighted by atomic mass is 9.95. The van der Waals surface area contributed by atoms with E-state index in [0.29, 0.717) is 25.7 Å². The Bertz CT molecular complexity index is 679. The first-order chi connectivity index (χ1) is 11.5. The lowest BCUT2D eigenvalue weighted by molar-refractivity contribution is -0.0402. The van der Waals surface area contributed by atoms with Crippen molar-refractivity contribution in [2.24, 2.45) is 0 Å². The first-order valence-corrected chi connectivity index (χ1v) is 9.85. The summed E-state index contributed by atoms with van der Waals surface area (Å²) < 4.78 is 40.3. The van der Waals surface area contributed by atoms with Gasteiger partial charge >= 0.3 is 6.16 Å². The predicted octanol–water partition coefficient (Wildman–Crippen LogP) is 3.96. The summed E-state index contributed by atoms with van der Waals surface area (Å²) in [7, 11) is -3.77. The maximum atomic E-state index is 12.3. The van der Waals surface area contributed by atoms with Crippen LogP contribution in [0.1, 0.15) is 52.0 Å². The highest BCUT2D eigenvalue weighted by molar-refractivity contribution is 7.86. The van der Waals surface area contributed by atoms with Gasteiger partial charge in [0.2, 0.25) is 0 Å². The summed E-state index contributed by atoms with van der Waals surface area (Å²) in [5.74, 6) is 0. The van der Waals surface area contributed by atoms with Gasteiger partial charge in [-0.25, -0.2) is 4.79 Å². The Labute approximate surface area is 149 Å². The molecule has 25 heavy (non-hydrogen) atoms. The van der Waals surface area contributed by atoms with E-state index in [1.54, 1.807) is 45.0 Å². The summed E-state index contributed by atoms with van der Waals surface area (Å²) in [5.41, 5.74) is 0.387. The smallest absolute Gasteiger partial charge is 0.431 e. The second-order valence-corrected chi connectivity index (χ2v) is 8.92. The highest BCUT2D eigenvalue weighted by atomic mass is 32.2. The largest absolute Gasteiger partial charge is 0.509 e. The molecule has 0 amide bonds. The number of carbonyl (C=O) groups is 1. The number of ether oxygens (including phenoxy) is 2. The van der Waals surface area contributed by atoms with Crippen LogP contribution in [0.15, 0.2) is 29.2 Å². The highest BCUT2D eigenvalue weighted by Crippen LogP contribution is 2.27. The van der Waals surface area contributed by atoms with Crippen LogP contribution in [0.5, 0.6) is 0 Å². The molecule has 0 heterocycles. The number of hydrogen-bond acceptors (Lipinski definition) is 6. The number of benzene rings is 1.